The van der Waals surface area contributed by atoms with Crippen LogP contribution in [0.4, 0.5) is 0 Å². The summed E-state index contributed by atoms with van der Waals surface area (Å²) in [5, 5.41) is 3.45. The van der Waals surface area contributed by atoms with E-state index in [0.717, 1.165) is 18.8 Å². The summed E-state index contributed by atoms with van der Waals surface area (Å²) in [4.78, 5) is 8.63. The van der Waals surface area contributed by atoms with Crippen molar-refractivity contribution < 1.29 is 4.74 Å². The zero-order valence-corrected chi connectivity index (χ0v) is 11.7. The van der Waals surface area contributed by atoms with E-state index in [1.165, 1.54) is 18.5 Å². The Balaban J connectivity index is 1.84. The molecule has 0 aliphatic carbocycles. The van der Waals surface area contributed by atoms with Gasteiger partial charge in [-0.1, -0.05) is 0 Å². The van der Waals surface area contributed by atoms with Gasteiger partial charge in [-0.05, 0) is 32.4 Å². The van der Waals surface area contributed by atoms with E-state index in [-0.39, 0.29) is 0 Å². The second-order valence-electron chi connectivity index (χ2n) is 5.02. The summed E-state index contributed by atoms with van der Waals surface area (Å²) >= 11 is 0. The molecular weight excluding hydrogens is 252 g/mol. The molecule has 1 aliphatic rings. The van der Waals surface area contributed by atoms with E-state index < -0.39 is 0 Å². The molecule has 1 unspecified atom stereocenters. The second-order valence-corrected chi connectivity index (χ2v) is 5.02. The lowest BCUT2D eigenvalue weighted by Gasteiger charge is -2.23. The van der Waals surface area contributed by atoms with Gasteiger partial charge in [0.15, 0.2) is 0 Å². The molecule has 3 rings (SSSR count). The van der Waals surface area contributed by atoms with Gasteiger partial charge in [0.1, 0.15) is 0 Å². The van der Waals surface area contributed by atoms with Crippen LogP contribution in [0.1, 0.15) is 31.4 Å². The molecule has 1 saturated heterocycles. The molecule has 5 nitrogen and oxygen atoms in total. The van der Waals surface area contributed by atoms with Crippen LogP contribution < -0.4 is 10.1 Å². The molecular formula is C15H20N4O. The molecule has 1 N–H and O–H groups in total. The first-order valence-electron chi connectivity index (χ1n) is 7.20. The Labute approximate surface area is 119 Å². The molecule has 0 radical (unpaired) electrons. The molecule has 1 fully saturated rings. The fourth-order valence-corrected chi connectivity index (χ4v) is 2.68. The Kier molecular flexibility index (Phi) is 3.97. The molecule has 0 amide bonds. The summed E-state index contributed by atoms with van der Waals surface area (Å²) in [7, 11) is 0. The number of pyridine rings is 1. The van der Waals surface area contributed by atoms with Crippen LogP contribution in [0.2, 0.25) is 0 Å². The van der Waals surface area contributed by atoms with Gasteiger partial charge in [0.25, 0.3) is 0 Å². The van der Waals surface area contributed by atoms with Crippen molar-refractivity contribution in [3.05, 3.63) is 36.5 Å². The molecule has 3 heterocycles. The quantitative estimate of drug-likeness (QED) is 0.926. The third kappa shape index (κ3) is 2.67. The number of ether oxygens (including phenoxy) is 1. The van der Waals surface area contributed by atoms with E-state index in [9.17, 15) is 0 Å². The Hall–Kier alpha value is -1.88. The second kappa shape index (κ2) is 6.05. The Morgan fingerprint density at radius 1 is 1.40 bits per heavy atom. The van der Waals surface area contributed by atoms with E-state index in [0.29, 0.717) is 18.4 Å². The first-order chi connectivity index (χ1) is 9.88. The number of hydrogen-bond donors (Lipinski definition) is 1. The van der Waals surface area contributed by atoms with E-state index in [1.807, 2.05) is 37.8 Å². The highest BCUT2D eigenvalue weighted by molar-refractivity contribution is 5.34. The number of hydrogen-bond acceptors (Lipinski definition) is 4. The average molecular weight is 272 g/mol. The van der Waals surface area contributed by atoms with Crippen molar-refractivity contribution in [2.24, 2.45) is 0 Å². The van der Waals surface area contributed by atoms with Gasteiger partial charge in [0.2, 0.25) is 5.88 Å². The summed E-state index contributed by atoms with van der Waals surface area (Å²) in [5.41, 5.74) is 2.29. The van der Waals surface area contributed by atoms with Gasteiger partial charge in [-0.15, -0.1) is 0 Å². The van der Waals surface area contributed by atoms with Crippen LogP contribution in [0.25, 0.3) is 5.69 Å². The van der Waals surface area contributed by atoms with E-state index in [1.54, 1.807) is 0 Å². The third-order valence-corrected chi connectivity index (χ3v) is 3.67. The van der Waals surface area contributed by atoms with Crippen molar-refractivity contribution in [1.82, 2.24) is 19.9 Å². The van der Waals surface area contributed by atoms with Crippen molar-refractivity contribution >= 4 is 0 Å². The minimum Gasteiger partial charge on any atom is -0.478 e. The van der Waals surface area contributed by atoms with E-state index >= 15 is 0 Å². The summed E-state index contributed by atoms with van der Waals surface area (Å²) in [5.74, 6) is 1.19. The van der Waals surface area contributed by atoms with Crippen molar-refractivity contribution in [3.63, 3.8) is 0 Å². The average Bonchev–Trinajstić information content (AvgIpc) is 2.99. The van der Waals surface area contributed by atoms with Crippen molar-refractivity contribution in [2.45, 2.75) is 25.7 Å². The largest absolute Gasteiger partial charge is 0.478 e. The van der Waals surface area contributed by atoms with Crippen molar-refractivity contribution in [3.8, 4) is 11.6 Å². The van der Waals surface area contributed by atoms with Crippen LogP contribution in [0.5, 0.6) is 5.88 Å². The lowest BCUT2D eigenvalue weighted by atomic mass is 9.96. The monoisotopic (exact) mass is 272 g/mol. The molecule has 20 heavy (non-hydrogen) atoms. The highest BCUT2D eigenvalue weighted by atomic mass is 16.5. The van der Waals surface area contributed by atoms with Crippen LogP contribution in [-0.4, -0.2) is 34.2 Å². The number of imidazole rings is 1. The topological polar surface area (TPSA) is 52.0 Å². The van der Waals surface area contributed by atoms with Gasteiger partial charge in [0.05, 0.1) is 24.8 Å². The zero-order valence-electron chi connectivity index (χ0n) is 11.7. The van der Waals surface area contributed by atoms with Crippen molar-refractivity contribution in [2.75, 3.05) is 19.7 Å². The summed E-state index contributed by atoms with van der Waals surface area (Å²) in [6.45, 7) is 4.74. The Bertz CT molecular complexity index is 543. The maximum atomic E-state index is 5.38. The molecule has 106 valence electrons. The molecule has 5 heteroatoms. The molecule has 1 atom stereocenters. The van der Waals surface area contributed by atoms with Gasteiger partial charge in [-0.2, -0.15) is 0 Å². The van der Waals surface area contributed by atoms with Gasteiger partial charge in [-0.25, -0.2) is 9.97 Å². The Morgan fingerprint density at radius 2 is 2.35 bits per heavy atom. The SMILES string of the molecule is CCOc1ccc(-n2cncc2C2CCCNC2)cn1. The number of rotatable bonds is 4. The van der Waals surface area contributed by atoms with Gasteiger partial charge in [0, 0.05) is 30.4 Å². The van der Waals surface area contributed by atoms with Gasteiger partial charge >= 0.3 is 0 Å². The highest BCUT2D eigenvalue weighted by Crippen LogP contribution is 2.25. The highest BCUT2D eigenvalue weighted by Gasteiger charge is 2.19. The fourth-order valence-electron chi connectivity index (χ4n) is 2.68. The van der Waals surface area contributed by atoms with Crippen LogP contribution in [0.3, 0.4) is 0 Å². The molecule has 0 bridgehead atoms. The van der Waals surface area contributed by atoms with Crippen molar-refractivity contribution in [1.29, 1.82) is 0 Å². The smallest absolute Gasteiger partial charge is 0.213 e. The molecule has 1 aliphatic heterocycles. The van der Waals surface area contributed by atoms with Gasteiger partial charge in [-0.3, -0.25) is 0 Å². The Morgan fingerprint density at radius 3 is 3.05 bits per heavy atom. The summed E-state index contributed by atoms with van der Waals surface area (Å²) < 4.78 is 7.50. The van der Waals surface area contributed by atoms with E-state index in [4.69, 9.17) is 4.74 Å². The predicted octanol–water partition coefficient (Wildman–Crippen LogP) is 2.13. The molecule has 0 aromatic carbocycles. The number of piperidine rings is 1. The number of aromatic nitrogens is 3. The molecule has 0 spiro atoms. The third-order valence-electron chi connectivity index (χ3n) is 3.67. The fraction of sp³-hybridized carbons (Fsp3) is 0.467. The van der Waals surface area contributed by atoms with E-state index in [2.05, 4.69) is 19.9 Å². The van der Waals surface area contributed by atoms with Crippen LogP contribution in [0, 0.1) is 0 Å². The first kappa shape index (κ1) is 13.1. The molecule has 2 aromatic heterocycles. The zero-order chi connectivity index (χ0) is 13.8. The number of nitrogens with zero attached hydrogens (tertiary/aromatic N) is 3. The summed E-state index contributed by atoms with van der Waals surface area (Å²) in [6.07, 6.45) is 8.10. The standard InChI is InChI=1S/C15H20N4O/c1-2-20-15-6-5-13(9-18-15)19-11-17-10-14(19)12-4-3-7-16-8-12/h5-6,9-12,16H,2-4,7-8H2,1H3. The minimum atomic E-state index is 0.526. The predicted molar refractivity (Wildman–Crippen MR) is 77.4 cm³/mol. The maximum Gasteiger partial charge on any atom is 0.213 e. The lowest BCUT2D eigenvalue weighted by Crippen LogP contribution is -2.29. The minimum absolute atomic E-state index is 0.526. The van der Waals surface area contributed by atoms with Crippen LogP contribution in [-0.2, 0) is 0 Å². The maximum absolute atomic E-state index is 5.38. The van der Waals surface area contributed by atoms with Crippen LogP contribution >= 0.6 is 0 Å². The molecule has 0 saturated carbocycles. The number of nitrogens with one attached hydrogen (secondary N) is 1. The molecule has 2 aromatic rings. The first-order valence-corrected chi connectivity index (χ1v) is 7.20. The van der Waals surface area contributed by atoms with Crippen LogP contribution in [0.15, 0.2) is 30.9 Å². The summed E-state index contributed by atoms with van der Waals surface area (Å²) in [6, 6.07) is 3.93. The van der Waals surface area contributed by atoms with Gasteiger partial charge < -0.3 is 14.6 Å². The lowest BCUT2D eigenvalue weighted by molar-refractivity contribution is 0.327. The normalized spacial score (nSPS) is 18.9.